The van der Waals surface area contributed by atoms with Crippen LogP contribution in [0.1, 0.15) is 32.0 Å². The fourth-order valence-corrected chi connectivity index (χ4v) is 2.93. The highest BCUT2D eigenvalue weighted by molar-refractivity contribution is 5.85. The number of hydrogen-bond acceptors (Lipinski definition) is 4. The summed E-state index contributed by atoms with van der Waals surface area (Å²) in [5.41, 5.74) is 10.3. The van der Waals surface area contributed by atoms with Gasteiger partial charge in [-0.15, -0.1) is 0 Å². The molecule has 2 heterocycles. The number of rotatable bonds is 5. The number of benzene rings is 1. The Morgan fingerprint density at radius 1 is 1.12 bits per heavy atom. The van der Waals surface area contributed by atoms with Gasteiger partial charge in [-0.05, 0) is 42.2 Å². The Morgan fingerprint density at radius 2 is 1.96 bits per heavy atom. The summed E-state index contributed by atoms with van der Waals surface area (Å²) in [6.45, 7) is 4.35. The second-order valence-electron chi connectivity index (χ2n) is 6.46. The quantitative estimate of drug-likeness (QED) is 0.759. The summed E-state index contributed by atoms with van der Waals surface area (Å²) in [5, 5.41) is 1.09. The van der Waals surface area contributed by atoms with E-state index >= 15 is 0 Å². The molecule has 1 aromatic carbocycles. The normalized spacial score (nSPS) is 12.5. The van der Waals surface area contributed by atoms with Gasteiger partial charge in [-0.3, -0.25) is 9.97 Å². The van der Waals surface area contributed by atoms with E-state index in [1.54, 1.807) is 19.5 Å². The van der Waals surface area contributed by atoms with Crippen LogP contribution in [0.15, 0.2) is 48.8 Å². The van der Waals surface area contributed by atoms with E-state index in [2.05, 4.69) is 37.0 Å². The number of pyridine rings is 2. The molecule has 3 aromatic rings. The minimum absolute atomic E-state index is 0.0191. The highest BCUT2D eigenvalue weighted by atomic mass is 16.5. The van der Waals surface area contributed by atoms with Crippen LogP contribution in [0, 0.1) is 5.92 Å². The highest BCUT2D eigenvalue weighted by Gasteiger charge is 2.11. The fourth-order valence-electron chi connectivity index (χ4n) is 2.93. The van der Waals surface area contributed by atoms with Gasteiger partial charge in [0.1, 0.15) is 5.75 Å². The number of nitrogens with two attached hydrogens (primary N) is 1. The molecule has 1 unspecified atom stereocenters. The Kier molecular flexibility index (Phi) is 4.76. The maximum Gasteiger partial charge on any atom is 0.144 e. The van der Waals surface area contributed by atoms with Gasteiger partial charge >= 0.3 is 0 Å². The molecule has 24 heavy (non-hydrogen) atoms. The van der Waals surface area contributed by atoms with Crippen LogP contribution in [-0.2, 0) is 0 Å². The lowest BCUT2D eigenvalue weighted by Crippen LogP contribution is -2.14. The van der Waals surface area contributed by atoms with Crippen molar-refractivity contribution in [2.24, 2.45) is 11.7 Å². The molecule has 124 valence electrons. The van der Waals surface area contributed by atoms with E-state index in [9.17, 15) is 0 Å². The minimum atomic E-state index is -0.0191. The first-order valence-electron chi connectivity index (χ1n) is 8.23. The molecule has 0 aliphatic carbocycles. The fraction of sp³-hybridized carbons (Fsp3) is 0.300. The zero-order valence-corrected chi connectivity index (χ0v) is 14.4. The van der Waals surface area contributed by atoms with Gasteiger partial charge in [-0.2, -0.15) is 0 Å². The molecule has 0 spiro atoms. The molecule has 0 bridgehead atoms. The van der Waals surface area contributed by atoms with Crippen molar-refractivity contribution < 1.29 is 4.74 Å². The maximum atomic E-state index is 6.26. The summed E-state index contributed by atoms with van der Waals surface area (Å²) >= 11 is 0. The Balaban J connectivity index is 1.98. The van der Waals surface area contributed by atoms with Gasteiger partial charge < -0.3 is 10.5 Å². The Morgan fingerprint density at radius 3 is 2.71 bits per heavy atom. The third-order valence-electron chi connectivity index (χ3n) is 4.13. The zero-order chi connectivity index (χ0) is 17.1. The van der Waals surface area contributed by atoms with Crippen molar-refractivity contribution >= 4 is 10.9 Å². The number of hydrogen-bond donors (Lipinski definition) is 1. The first-order chi connectivity index (χ1) is 11.6. The predicted molar refractivity (Wildman–Crippen MR) is 97.9 cm³/mol. The van der Waals surface area contributed by atoms with E-state index in [0.717, 1.165) is 39.9 Å². The van der Waals surface area contributed by atoms with Crippen molar-refractivity contribution in [3.8, 4) is 16.9 Å². The molecule has 2 aromatic heterocycles. The van der Waals surface area contributed by atoms with Crippen molar-refractivity contribution in [1.29, 1.82) is 0 Å². The molecule has 4 nitrogen and oxygen atoms in total. The van der Waals surface area contributed by atoms with Crippen LogP contribution in [-0.4, -0.2) is 17.1 Å². The molecule has 0 aliphatic heterocycles. The second-order valence-corrected chi connectivity index (χ2v) is 6.46. The van der Waals surface area contributed by atoms with Crippen LogP contribution in [0.3, 0.4) is 0 Å². The molecular weight excluding hydrogens is 298 g/mol. The van der Waals surface area contributed by atoms with Gasteiger partial charge in [-0.25, -0.2) is 0 Å². The molecule has 0 saturated heterocycles. The molecule has 0 amide bonds. The molecule has 2 N–H and O–H groups in total. The first-order valence-corrected chi connectivity index (χ1v) is 8.23. The lowest BCUT2D eigenvalue weighted by molar-refractivity contribution is 0.414. The molecule has 0 saturated carbocycles. The lowest BCUT2D eigenvalue weighted by atomic mass is 10.00. The SMILES string of the molecule is COc1cnccc1-c1ccc2nc(C(N)CC(C)C)ccc2c1. The summed E-state index contributed by atoms with van der Waals surface area (Å²) in [7, 11) is 1.66. The van der Waals surface area contributed by atoms with E-state index in [1.807, 2.05) is 18.2 Å². The smallest absolute Gasteiger partial charge is 0.144 e. The molecule has 4 heteroatoms. The van der Waals surface area contributed by atoms with Gasteiger partial charge in [0.05, 0.1) is 24.5 Å². The monoisotopic (exact) mass is 321 g/mol. The molecular formula is C20H23N3O. The summed E-state index contributed by atoms with van der Waals surface area (Å²) in [4.78, 5) is 8.84. The van der Waals surface area contributed by atoms with Crippen molar-refractivity contribution in [3.05, 3.63) is 54.5 Å². The average Bonchev–Trinajstić information content (AvgIpc) is 2.60. The lowest BCUT2D eigenvalue weighted by Gasteiger charge is -2.14. The molecule has 0 aliphatic rings. The van der Waals surface area contributed by atoms with Gasteiger partial charge in [0.25, 0.3) is 0 Å². The number of nitrogens with zero attached hydrogens (tertiary/aromatic N) is 2. The molecule has 0 radical (unpaired) electrons. The minimum Gasteiger partial charge on any atom is -0.494 e. The van der Waals surface area contributed by atoms with Crippen LogP contribution < -0.4 is 10.5 Å². The molecule has 3 rings (SSSR count). The summed E-state index contributed by atoms with van der Waals surface area (Å²) in [5.74, 6) is 1.32. The Bertz CT molecular complexity index is 845. The maximum absolute atomic E-state index is 6.26. The van der Waals surface area contributed by atoms with Crippen molar-refractivity contribution in [1.82, 2.24) is 9.97 Å². The van der Waals surface area contributed by atoms with Gasteiger partial charge in [0.2, 0.25) is 0 Å². The number of aromatic nitrogens is 2. The molecule has 1 atom stereocenters. The predicted octanol–water partition coefficient (Wildman–Crippen LogP) is 4.35. The number of methoxy groups -OCH3 is 1. The topological polar surface area (TPSA) is 61.0 Å². The summed E-state index contributed by atoms with van der Waals surface area (Å²) < 4.78 is 5.40. The first kappa shape index (κ1) is 16.4. The number of fused-ring (bicyclic) bond motifs is 1. The van der Waals surface area contributed by atoms with Crippen LogP contribution >= 0.6 is 0 Å². The van der Waals surface area contributed by atoms with Crippen LogP contribution in [0.2, 0.25) is 0 Å². The zero-order valence-electron chi connectivity index (χ0n) is 14.4. The van der Waals surface area contributed by atoms with Gasteiger partial charge in [0.15, 0.2) is 0 Å². The standard InChI is InChI=1S/C20H23N3O/c1-13(2)10-17(21)19-7-5-15-11-14(4-6-18(15)23-19)16-8-9-22-12-20(16)24-3/h4-9,11-13,17H,10,21H2,1-3H3. The van der Waals surface area contributed by atoms with Crippen LogP contribution in [0.25, 0.3) is 22.0 Å². The highest BCUT2D eigenvalue weighted by Crippen LogP contribution is 2.31. The van der Waals surface area contributed by atoms with Crippen molar-refractivity contribution in [2.45, 2.75) is 26.3 Å². The van der Waals surface area contributed by atoms with Crippen molar-refractivity contribution in [3.63, 3.8) is 0 Å². The van der Waals surface area contributed by atoms with E-state index in [1.165, 1.54) is 0 Å². The average molecular weight is 321 g/mol. The van der Waals surface area contributed by atoms with Gasteiger partial charge in [-0.1, -0.05) is 26.0 Å². The Hall–Kier alpha value is -2.46. The second kappa shape index (κ2) is 6.97. The Labute approximate surface area is 142 Å². The van der Waals surface area contributed by atoms with E-state index in [4.69, 9.17) is 15.5 Å². The van der Waals surface area contributed by atoms with Crippen LogP contribution in [0.5, 0.6) is 5.75 Å². The summed E-state index contributed by atoms with van der Waals surface area (Å²) in [6.07, 6.45) is 4.44. The molecule has 0 fully saturated rings. The van der Waals surface area contributed by atoms with E-state index in [0.29, 0.717) is 5.92 Å². The largest absolute Gasteiger partial charge is 0.494 e. The van der Waals surface area contributed by atoms with E-state index in [-0.39, 0.29) is 6.04 Å². The third-order valence-corrected chi connectivity index (χ3v) is 4.13. The number of ether oxygens (including phenoxy) is 1. The van der Waals surface area contributed by atoms with Crippen LogP contribution in [0.4, 0.5) is 0 Å². The van der Waals surface area contributed by atoms with E-state index < -0.39 is 0 Å². The van der Waals surface area contributed by atoms with Crippen molar-refractivity contribution in [2.75, 3.05) is 7.11 Å². The third kappa shape index (κ3) is 3.39. The summed E-state index contributed by atoms with van der Waals surface area (Å²) in [6, 6.07) is 12.3. The van der Waals surface area contributed by atoms with Gasteiger partial charge in [0, 0.05) is 23.2 Å².